The van der Waals surface area contributed by atoms with E-state index in [1.54, 1.807) is 6.08 Å². The summed E-state index contributed by atoms with van der Waals surface area (Å²) in [6, 6.07) is 0. The van der Waals surface area contributed by atoms with Crippen LogP contribution in [0.2, 0.25) is 0 Å². The van der Waals surface area contributed by atoms with Crippen molar-refractivity contribution in [3.05, 3.63) is 72.9 Å². The lowest BCUT2D eigenvalue weighted by molar-refractivity contribution is -0.160. The second-order valence-electron chi connectivity index (χ2n) is 10.2. The average molecular weight is 637 g/mol. The maximum absolute atomic E-state index is 12.3. The number of rotatable bonds is 28. The second kappa shape index (κ2) is 30.5. The van der Waals surface area contributed by atoms with Gasteiger partial charge in [0.1, 0.15) is 6.61 Å². The van der Waals surface area contributed by atoms with E-state index in [9.17, 15) is 19.0 Å². The van der Waals surface area contributed by atoms with E-state index in [-0.39, 0.29) is 19.4 Å². The lowest BCUT2D eigenvalue weighted by atomic mass is 10.1. The molecule has 0 aromatic rings. The van der Waals surface area contributed by atoms with Crippen LogP contribution in [0.25, 0.3) is 0 Å². The van der Waals surface area contributed by atoms with Gasteiger partial charge in [-0.2, -0.15) is 0 Å². The summed E-state index contributed by atoms with van der Waals surface area (Å²) in [4.78, 5) is 34.0. The standard InChI is InChI=1S/C35H57O8P/c1-4-6-8-10-12-14-16-17-18-19-20-22-24-26-28-30-35(37)43-33(32-42-44(38,39)40-3)31-41-34(36)29-27-25-23-21-15-13-11-9-7-5-2/h6,8-9,11-12,14,17-18,20,22,26,28,33H,4-5,7,10,13,15-16,19,21,23-25,27,29-32H2,1-3H3,(H,38,39)/b8-6-,11-9-,14-12-,18-17-,22-20-,28-26-. The molecule has 0 aliphatic rings. The molecule has 2 unspecified atom stereocenters. The first kappa shape index (κ1) is 41.5. The molecule has 0 bridgehead atoms. The van der Waals surface area contributed by atoms with Gasteiger partial charge in [0.15, 0.2) is 6.10 Å². The molecule has 9 heteroatoms. The number of carbonyl (C=O) groups excluding carboxylic acids is 2. The molecule has 250 valence electrons. The highest BCUT2D eigenvalue weighted by atomic mass is 31.2. The second-order valence-corrected chi connectivity index (χ2v) is 11.8. The molecule has 0 aromatic carbocycles. The lowest BCUT2D eigenvalue weighted by Gasteiger charge is -2.19. The number of esters is 2. The smallest absolute Gasteiger partial charge is 0.462 e. The normalized spacial score (nSPS) is 14.5. The van der Waals surface area contributed by atoms with E-state index in [0.29, 0.717) is 12.8 Å². The average Bonchev–Trinajstić information content (AvgIpc) is 3.01. The van der Waals surface area contributed by atoms with E-state index in [1.165, 1.54) is 6.42 Å². The molecule has 0 spiro atoms. The summed E-state index contributed by atoms with van der Waals surface area (Å²) in [5.74, 6) is -0.976. The molecule has 0 aliphatic heterocycles. The summed E-state index contributed by atoms with van der Waals surface area (Å²) in [6.45, 7) is 3.57. The number of hydrogen-bond acceptors (Lipinski definition) is 7. The Morgan fingerprint density at radius 1 is 0.682 bits per heavy atom. The molecule has 44 heavy (non-hydrogen) atoms. The number of allylic oxidation sites excluding steroid dienone is 11. The highest BCUT2D eigenvalue weighted by Crippen LogP contribution is 2.42. The first-order valence-corrected chi connectivity index (χ1v) is 17.6. The number of ether oxygens (including phenoxy) is 2. The molecule has 2 atom stereocenters. The van der Waals surface area contributed by atoms with E-state index in [1.807, 2.05) is 12.2 Å². The van der Waals surface area contributed by atoms with Crippen LogP contribution in [0.15, 0.2) is 72.9 Å². The van der Waals surface area contributed by atoms with Gasteiger partial charge in [-0.15, -0.1) is 0 Å². The Morgan fingerprint density at radius 3 is 1.82 bits per heavy atom. The zero-order chi connectivity index (χ0) is 32.6. The Hall–Kier alpha value is -2.51. The SMILES string of the molecule is CC/C=C\C/C=C\C/C=C\C/C=C\C/C=C\CC(=O)OC(COC(=O)CCCCCCC/C=C\CCC)COP(=O)(O)OC. The summed E-state index contributed by atoms with van der Waals surface area (Å²) < 4.78 is 31.5. The summed E-state index contributed by atoms with van der Waals surface area (Å²) in [5.41, 5.74) is 0. The van der Waals surface area contributed by atoms with Gasteiger partial charge < -0.3 is 14.4 Å². The van der Waals surface area contributed by atoms with Crippen molar-refractivity contribution in [1.82, 2.24) is 0 Å². The molecule has 0 rings (SSSR count). The topological polar surface area (TPSA) is 108 Å². The van der Waals surface area contributed by atoms with Crippen LogP contribution < -0.4 is 0 Å². The van der Waals surface area contributed by atoms with Gasteiger partial charge in [0, 0.05) is 13.5 Å². The van der Waals surface area contributed by atoms with Crippen LogP contribution in [0.1, 0.15) is 110 Å². The fourth-order valence-electron chi connectivity index (χ4n) is 3.73. The Balaban J connectivity index is 4.34. The van der Waals surface area contributed by atoms with Crippen molar-refractivity contribution in [2.24, 2.45) is 0 Å². The van der Waals surface area contributed by atoms with Gasteiger partial charge in [-0.25, -0.2) is 4.57 Å². The Morgan fingerprint density at radius 2 is 1.23 bits per heavy atom. The number of hydrogen-bond donors (Lipinski definition) is 1. The Bertz CT molecular complexity index is 948. The third kappa shape index (κ3) is 29.6. The van der Waals surface area contributed by atoms with Gasteiger partial charge >= 0.3 is 19.8 Å². The summed E-state index contributed by atoms with van der Waals surface area (Å²) in [6.07, 6.45) is 37.0. The van der Waals surface area contributed by atoms with Gasteiger partial charge in [-0.1, -0.05) is 112 Å². The van der Waals surface area contributed by atoms with Gasteiger partial charge in [0.2, 0.25) is 0 Å². The fourth-order valence-corrected chi connectivity index (χ4v) is 4.19. The minimum absolute atomic E-state index is 0.00737. The van der Waals surface area contributed by atoms with Crippen LogP contribution in [0.3, 0.4) is 0 Å². The molecular formula is C35H57O8P. The predicted octanol–water partition coefficient (Wildman–Crippen LogP) is 9.43. The van der Waals surface area contributed by atoms with Crippen LogP contribution in [-0.2, 0) is 32.7 Å². The molecular weight excluding hydrogens is 579 g/mol. The van der Waals surface area contributed by atoms with E-state index >= 15 is 0 Å². The van der Waals surface area contributed by atoms with Crippen molar-refractivity contribution >= 4 is 19.8 Å². The monoisotopic (exact) mass is 636 g/mol. The zero-order valence-electron chi connectivity index (χ0n) is 27.3. The zero-order valence-corrected chi connectivity index (χ0v) is 28.2. The fraction of sp³-hybridized carbons (Fsp3) is 0.600. The lowest BCUT2D eigenvalue weighted by Crippen LogP contribution is -2.29. The number of phosphoric ester groups is 1. The van der Waals surface area contributed by atoms with Crippen LogP contribution in [0, 0.1) is 0 Å². The van der Waals surface area contributed by atoms with Crippen molar-refractivity contribution in [3.8, 4) is 0 Å². The van der Waals surface area contributed by atoms with Crippen molar-refractivity contribution in [1.29, 1.82) is 0 Å². The van der Waals surface area contributed by atoms with Crippen molar-refractivity contribution in [2.75, 3.05) is 20.3 Å². The molecule has 0 fully saturated rings. The largest absolute Gasteiger partial charge is 0.472 e. The van der Waals surface area contributed by atoms with Crippen molar-refractivity contribution < 1.29 is 37.6 Å². The van der Waals surface area contributed by atoms with E-state index in [0.717, 1.165) is 71.3 Å². The quantitative estimate of drug-likeness (QED) is 0.0392. The molecule has 0 aliphatic carbocycles. The maximum atomic E-state index is 12.3. The van der Waals surface area contributed by atoms with E-state index in [2.05, 4.69) is 73.1 Å². The van der Waals surface area contributed by atoms with Crippen LogP contribution in [0.4, 0.5) is 0 Å². The summed E-state index contributed by atoms with van der Waals surface area (Å²) in [7, 11) is -3.25. The highest BCUT2D eigenvalue weighted by molar-refractivity contribution is 7.47. The van der Waals surface area contributed by atoms with Gasteiger partial charge in [0.05, 0.1) is 13.0 Å². The summed E-state index contributed by atoms with van der Waals surface area (Å²) in [5, 5.41) is 0. The molecule has 0 saturated heterocycles. The van der Waals surface area contributed by atoms with E-state index < -0.39 is 32.5 Å². The molecule has 0 heterocycles. The molecule has 0 amide bonds. The van der Waals surface area contributed by atoms with E-state index in [4.69, 9.17) is 14.0 Å². The molecule has 0 aromatic heterocycles. The number of phosphoric acid groups is 1. The third-order valence-electron chi connectivity index (χ3n) is 6.20. The van der Waals surface area contributed by atoms with Crippen molar-refractivity contribution in [3.63, 3.8) is 0 Å². The van der Waals surface area contributed by atoms with Crippen LogP contribution in [0.5, 0.6) is 0 Å². The van der Waals surface area contributed by atoms with Crippen LogP contribution in [-0.4, -0.2) is 43.3 Å². The Labute approximate surface area is 266 Å². The molecule has 1 N–H and O–H groups in total. The first-order valence-electron chi connectivity index (χ1n) is 16.1. The first-order chi connectivity index (χ1) is 21.3. The Kier molecular flexibility index (Phi) is 28.8. The van der Waals surface area contributed by atoms with Gasteiger partial charge in [-0.05, 0) is 57.8 Å². The highest BCUT2D eigenvalue weighted by Gasteiger charge is 2.24. The van der Waals surface area contributed by atoms with Crippen molar-refractivity contribution in [2.45, 2.75) is 116 Å². The molecule has 8 nitrogen and oxygen atoms in total. The van der Waals surface area contributed by atoms with Crippen LogP contribution >= 0.6 is 7.82 Å². The molecule has 0 radical (unpaired) electrons. The predicted molar refractivity (Wildman–Crippen MR) is 179 cm³/mol. The number of carbonyl (C=O) groups is 2. The third-order valence-corrected chi connectivity index (χ3v) is 7.14. The number of unbranched alkanes of at least 4 members (excludes halogenated alkanes) is 6. The summed E-state index contributed by atoms with van der Waals surface area (Å²) >= 11 is 0. The van der Waals surface area contributed by atoms with Gasteiger partial charge in [0.25, 0.3) is 0 Å². The maximum Gasteiger partial charge on any atom is 0.472 e. The van der Waals surface area contributed by atoms with Gasteiger partial charge in [-0.3, -0.25) is 18.6 Å². The minimum Gasteiger partial charge on any atom is -0.462 e. The molecule has 0 saturated carbocycles. The minimum atomic E-state index is -4.28.